The molecule has 0 unspecified atom stereocenters. The number of aliphatic hydroxyl groups is 1. The van der Waals surface area contributed by atoms with Crippen LogP contribution in [0.4, 0.5) is 0 Å². The van der Waals surface area contributed by atoms with Gasteiger partial charge in [-0.1, -0.05) is 19.6 Å². The quantitative estimate of drug-likeness (QED) is 0.324. The highest BCUT2D eigenvalue weighted by Crippen LogP contribution is 2.35. The molecule has 4 rings (SSSR count). The second-order valence-corrected chi connectivity index (χ2v) is 17.5. The zero-order valence-corrected chi connectivity index (χ0v) is 23.2. The largest absolute Gasteiger partial charge is 0.490 e. The van der Waals surface area contributed by atoms with Gasteiger partial charge in [0.25, 0.3) is 0 Å². The molecule has 0 bridgehead atoms. The Bertz CT molecular complexity index is 984. The lowest BCUT2D eigenvalue weighted by molar-refractivity contribution is -0.134. The van der Waals surface area contributed by atoms with Gasteiger partial charge in [0.1, 0.15) is 19.1 Å². The van der Waals surface area contributed by atoms with Crippen LogP contribution in [-0.4, -0.2) is 66.4 Å². The van der Waals surface area contributed by atoms with Gasteiger partial charge < -0.3 is 19.5 Å². The fourth-order valence-corrected chi connectivity index (χ4v) is 6.04. The van der Waals surface area contributed by atoms with E-state index in [1.165, 1.54) is 0 Å². The van der Waals surface area contributed by atoms with E-state index in [9.17, 15) is 9.90 Å². The van der Waals surface area contributed by atoms with Gasteiger partial charge in [-0.05, 0) is 66.1 Å². The fraction of sp³-hybridized carbons (Fsp3) is 0.680. The van der Waals surface area contributed by atoms with Crippen molar-refractivity contribution in [3.8, 4) is 5.75 Å². The first kappa shape index (κ1) is 25.7. The monoisotopic (exact) mass is 551 g/mol. The first-order valence-electron chi connectivity index (χ1n) is 12.5. The summed E-state index contributed by atoms with van der Waals surface area (Å²) in [5.41, 5.74) is 0.913. The topological polar surface area (TPSA) is 76.8 Å². The van der Waals surface area contributed by atoms with Crippen LogP contribution in [0.15, 0.2) is 22.8 Å². The van der Waals surface area contributed by atoms with Gasteiger partial charge in [-0.2, -0.15) is 5.10 Å². The number of fused-ring (bicyclic) bond motifs is 1. The van der Waals surface area contributed by atoms with E-state index in [-0.39, 0.29) is 18.6 Å². The third kappa shape index (κ3) is 6.41. The van der Waals surface area contributed by atoms with Crippen molar-refractivity contribution >= 4 is 40.8 Å². The van der Waals surface area contributed by atoms with Crippen molar-refractivity contribution in [1.82, 2.24) is 14.7 Å². The lowest BCUT2D eigenvalue weighted by Gasteiger charge is -2.27. The molecule has 2 aliphatic rings. The molecule has 1 atom stereocenters. The minimum atomic E-state index is -1.15. The van der Waals surface area contributed by atoms with Crippen LogP contribution in [0.3, 0.4) is 0 Å². The number of halogens is 1. The number of aromatic nitrogens is 2. The molecule has 1 N–H and O–H groups in total. The molecule has 1 amide bonds. The van der Waals surface area contributed by atoms with Gasteiger partial charge in [-0.3, -0.25) is 9.48 Å². The molecule has 7 nitrogen and oxygen atoms in total. The van der Waals surface area contributed by atoms with Gasteiger partial charge >= 0.3 is 0 Å². The van der Waals surface area contributed by atoms with E-state index in [2.05, 4.69) is 52.5 Å². The second kappa shape index (κ2) is 11.1. The van der Waals surface area contributed by atoms with Crippen molar-refractivity contribution < 1.29 is 19.4 Å². The third-order valence-electron chi connectivity index (χ3n) is 7.13. The maximum Gasteiger partial charge on any atom is 0.224 e. The Kier molecular flexibility index (Phi) is 8.38. The number of carbonyl (C=O) groups is 1. The Hall–Kier alpha value is -1.42. The lowest BCUT2D eigenvalue weighted by Crippen LogP contribution is -2.39. The summed E-state index contributed by atoms with van der Waals surface area (Å²) in [7, 11) is -1.15. The Labute approximate surface area is 211 Å². The number of hydrogen-bond donors (Lipinski definition) is 1. The van der Waals surface area contributed by atoms with Crippen LogP contribution in [0.1, 0.15) is 44.6 Å². The molecule has 1 aromatic carbocycles. The molecule has 0 spiro atoms. The van der Waals surface area contributed by atoms with Crippen LogP contribution >= 0.6 is 15.9 Å². The first-order chi connectivity index (χ1) is 16.2. The van der Waals surface area contributed by atoms with Crippen molar-refractivity contribution in [2.24, 2.45) is 5.92 Å². The zero-order chi connectivity index (χ0) is 24.3. The summed E-state index contributed by atoms with van der Waals surface area (Å²) in [5, 5.41) is 15.3. The number of ether oxygens (including phenoxy) is 2. The van der Waals surface area contributed by atoms with E-state index < -0.39 is 8.07 Å². The number of nitrogens with zero attached hydrogens (tertiary/aromatic N) is 3. The van der Waals surface area contributed by atoms with Crippen LogP contribution in [0.5, 0.6) is 5.75 Å². The molecular weight excluding hydrogens is 514 g/mol. The Morgan fingerprint density at radius 2 is 1.94 bits per heavy atom. The zero-order valence-electron chi connectivity index (χ0n) is 20.6. The van der Waals surface area contributed by atoms with Crippen molar-refractivity contribution in [1.29, 1.82) is 0 Å². The molecular formula is C25H38BrN3O4Si. The number of hydrogen-bond acceptors (Lipinski definition) is 5. The number of rotatable bonds is 10. The Morgan fingerprint density at radius 1 is 1.18 bits per heavy atom. The predicted octanol–water partition coefficient (Wildman–Crippen LogP) is 5.20. The molecule has 2 aromatic rings. The van der Waals surface area contributed by atoms with E-state index in [0.29, 0.717) is 38.3 Å². The van der Waals surface area contributed by atoms with Gasteiger partial charge in [0.15, 0.2) is 0 Å². The smallest absolute Gasteiger partial charge is 0.224 e. The lowest BCUT2D eigenvalue weighted by atomic mass is 9.87. The van der Waals surface area contributed by atoms with Gasteiger partial charge in [0.2, 0.25) is 5.91 Å². The van der Waals surface area contributed by atoms with Crippen molar-refractivity contribution in [3.63, 3.8) is 0 Å². The molecule has 34 heavy (non-hydrogen) atoms. The Balaban J connectivity index is 1.36. The summed E-state index contributed by atoms with van der Waals surface area (Å²) in [6.07, 6.45) is 7.66. The van der Waals surface area contributed by atoms with Crippen molar-refractivity contribution in [3.05, 3.63) is 22.8 Å². The Morgan fingerprint density at radius 3 is 2.65 bits per heavy atom. The van der Waals surface area contributed by atoms with E-state index in [1.54, 1.807) is 0 Å². The summed E-state index contributed by atoms with van der Waals surface area (Å²) in [6.45, 7) is 8.77. The molecule has 1 aromatic heterocycles. The van der Waals surface area contributed by atoms with Gasteiger partial charge in [0.05, 0.1) is 22.1 Å². The summed E-state index contributed by atoms with van der Waals surface area (Å²) < 4.78 is 15.0. The first-order valence-corrected chi connectivity index (χ1v) is 17.0. The maximum atomic E-state index is 12.4. The SMILES string of the molecule is C[Si](C)(C)CCOCN1C(=O)CC[C@@H]1COc1cc2nn([C@H]3CC[C@H](CO)CC3)cc2cc1Br. The molecule has 0 radical (unpaired) electrons. The molecule has 1 saturated heterocycles. The average molecular weight is 553 g/mol. The molecule has 1 saturated carbocycles. The summed E-state index contributed by atoms with van der Waals surface area (Å²) in [4.78, 5) is 14.2. The standard InChI is InChI=1S/C25H38BrN3O4Si/c1-34(2,3)11-10-32-17-28-21(8-9-25(28)31)16-33-24-13-23-19(12-22(24)26)14-29(27-23)20-6-4-18(15-30)5-7-20/h12-14,18,20-21,30H,4-11,15-17H2,1-3H3/t18-,20-,21-/m1/s1. The maximum absolute atomic E-state index is 12.4. The minimum absolute atomic E-state index is 0.0289. The van der Waals surface area contributed by atoms with Crippen molar-refractivity contribution in [2.45, 2.75) is 76.3 Å². The highest BCUT2D eigenvalue weighted by atomic mass is 79.9. The van der Waals surface area contributed by atoms with Gasteiger partial charge in [-0.15, -0.1) is 0 Å². The number of amides is 1. The van der Waals surface area contributed by atoms with Crippen LogP contribution < -0.4 is 4.74 Å². The average Bonchev–Trinajstić information content (AvgIpc) is 3.37. The van der Waals surface area contributed by atoms with Gasteiger partial charge in [0, 0.05) is 45.4 Å². The van der Waals surface area contributed by atoms with Crippen LogP contribution in [-0.2, 0) is 9.53 Å². The predicted molar refractivity (Wildman–Crippen MR) is 140 cm³/mol. The van der Waals surface area contributed by atoms with Crippen LogP contribution in [0.25, 0.3) is 10.9 Å². The van der Waals surface area contributed by atoms with E-state index in [1.807, 2.05) is 11.0 Å². The van der Waals surface area contributed by atoms with Crippen LogP contribution in [0.2, 0.25) is 25.7 Å². The van der Waals surface area contributed by atoms with E-state index in [0.717, 1.165) is 59.3 Å². The highest BCUT2D eigenvalue weighted by Gasteiger charge is 2.32. The number of carbonyl (C=O) groups excluding carboxylic acids is 1. The summed E-state index contributed by atoms with van der Waals surface area (Å²) >= 11 is 3.66. The van der Waals surface area contributed by atoms with Crippen LogP contribution in [0, 0.1) is 5.92 Å². The molecule has 1 aliphatic heterocycles. The molecule has 2 fully saturated rings. The third-order valence-corrected chi connectivity index (χ3v) is 9.46. The number of benzene rings is 1. The highest BCUT2D eigenvalue weighted by molar-refractivity contribution is 9.10. The summed E-state index contributed by atoms with van der Waals surface area (Å²) in [5.74, 6) is 1.33. The van der Waals surface area contributed by atoms with Crippen molar-refractivity contribution in [2.75, 3.05) is 26.6 Å². The number of aliphatic hydroxyl groups excluding tert-OH is 1. The summed E-state index contributed by atoms with van der Waals surface area (Å²) in [6, 6.07) is 5.56. The molecule has 188 valence electrons. The number of likely N-dealkylation sites (tertiary alicyclic amines) is 1. The van der Waals surface area contributed by atoms with Gasteiger partial charge in [-0.25, -0.2) is 0 Å². The molecule has 1 aliphatic carbocycles. The normalized spacial score (nSPS) is 23.7. The van der Waals surface area contributed by atoms with E-state index >= 15 is 0 Å². The minimum Gasteiger partial charge on any atom is -0.490 e. The molecule has 9 heteroatoms. The molecule has 2 heterocycles. The second-order valence-electron chi connectivity index (χ2n) is 11.0. The fourth-order valence-electron chi connectivity index (χ4n) is 4.80. The van der Waals surface area contributed by atoms with E-state index in [4.69, 9.17) is 14.6 Å².